The van der Waals surface area contributed by atoms with Crippen LogP contribution in [0.1, 0.15) is 0 Å². The molecule has 1 aromatic carbocycles. The van der Waals surface area contributed by atoms with E-state index in [9.17, 15) is 9.59 Å². The lowest BCUT2D eigenvalue weighted by Crippen LogP contribution is -2.13. The van der Waals surface area contributed by atoms with Gasteiger partial charge in [0, 0.05) is 16.7 Å². The van der Waals surface area contributed by atoms with Crippen molar-refractivity contribution >= 4 is 45.3 Å². The number of nitrogens with zero attached hydrogens (tertiary/aromatic N) is 2. The first-order valence-electron chi connectivity index (χ1n) is 5.37. The third-order valence-electron chi connectivity index (χ3n) is 2.27. The van der Waals surface area contributed by atoms with Crippen LogP contribution in [0.4, 0.5) is 0 Å². The highest BCUT2D eigenvalue weighted by molar-refractivity contribution is 9.10. The summed E-state index contributed by atoms with van der Waals surface area (Å²) in [4.78, 5) is 25.8. The van der Waals surface area contributed by atoms with Gasteiger partial charge in [0.15, 0.2) is 5.16 Å². The number of carbonyl (C=O) groups is 1. The van der Waals surface area contributed by atoms with E-state index in [4.69, 9.17) is 16.7 Å². The molecule has 0 unspecified atom stereocenters. The van der Waals surface area contributed by atoms with E-state index in [0.717, 1.165) is 16.2 Å². The molecule has 0 aliphatic heterocycles. The maximum absolute atomic E-state index is 11.3. The minimum Gasteiger partial charge on any atom is -0.481 e. The normalized spacial score (nSPS) is 10.5. The molecule has 1 heterocycles. The quantitative estimate of drug-likeness (QED) is 0.657. The van der Waals surface area contributed by atoms with Crippen LogP contribution in [0.5, 0.6) is 0 Å². The lowest BCUT2D eigenvalue weighted by atomic mass is 10.3. The molecule has 0 aliphatic carbocycles. The van der Waals surface area contributed by atoms with Crippen LogP contribution in [0.3, 0.4) is 0 Å². The molecule has 0 fully saturated rings. The number of thioether (sulfide) groups is 1. The number of carboxylic acid groups (broad SMARTS) is 1. The molecule has 0 radical (unpaired) electrons. The smallest absolute Gasteiger partial charge is 0.313 e. The Labute approximate surface area is 131 Å². The largest absolute Gasteiger partial charge is 0.481 e. The van der Waals surface area contributed by atoms with E-state index < -0.39 is 11.5 Å². The van der Waals surface area contributed by atoms with Crippen molar-refractivity contribution in [3.05, 3.63) is 50.3 Å². The summed E-state index contributed by atoms with van der Waals surface area (Å²) in [5.41, 5.74) is 0.182. The van der Waals surface area contributed by atoms with Crippen molar-refractivity contribution in [3.63, 3.8) is 0 Å². The van der Waals surface area contributed by atoms with Crippen LogP contribution < -0.4 is 5.56 Å². The molecule has 1 N–H and O–H groups in total. The number of aromatic nitrogens is 2. The second-order valence-electron chi connectivity index (χ2n) is 3.70. The van der Waals surface area contributed by atoms with Crippen LogP contribution in [0.25, 0.3) is 5.69 Å². The van der Waals surface area contributed by atoms with E-state index >= 15 is 0 Å². The molecule has 2 rings (SSSR count). The Morgan fingerprint density at radius 2 is 2.20 bits per heavy atom. The highest BCUT2D eigenvalue weighted by Gasteiger charge is 2.11. The Hall–Kier alpha value is -1.31. The summed E-state index contributed by atoms with van der Waals surface area (Å²) in [7, 11) is 0. The van der Waals surface area contributed by atoms with Crippen molar-refractivity contribution in [3.8, 4) is 5.69 Å². The first-order chi connectivity index (χ1) is 9.47. The summed E-state index contributed by atoms with van der Waals surface area (Å²) in [6.45, 7) is 0. The second-order valence-corrected chi connectivity index (χ2v) is 5.96. The minimum atomic E-state index is -0.986. The molecule has 0 bridgehead atoms. The van der Waals surface area contributed by atoms with Gasteiger partial charge in [0.05, 0.1) is 16.5 Å². The molecule has 20 heavy (non-hydrogen) atoms. The van der Waals surface area contributed by atoms with Crippen LogP contribution >= 0.6 is 39.3 Å². The molecule has 0 saturated carbocycles. The van der Waals surface area contributed by atoms with Crippen LogP contribution in [0, 0.1) is 0 Å². The zero-order chi connectivity index (χ0) is 14.7. The van der Waals surface area contributed by atoms with Crippen molar-refractivity contribution in [1.29, 1.82) is 0 Å². The van der Waals surface area contributed by atoms with Crippen molar-refractivity contribution in [2.24, 2.45) is 0 Å². The van der Waals surface area contributed by atoms with Crippen molar-refractivity contribution in [1.82, 2.24) is 9.55 Å². The fourth-order valence-electron chi connectivity index (χ4n) is 1.47. The van der Waals surface area contributed by atoms with Gasteiger partial charge >= 0.3 is 5.97 Å². The zero-order valence-corrected chi connectivity index (χ0v) is 13.1. The molecular weight excluding hydrogens is 368 g/mol. The van der Waals surface area contributed by atoms with E-state index in [2.05, 4.69) is 20.9 Å². The third kappa shape index (κ3) is 3.62. The summed E-state index contributed by atoms with van der Waals surface area (Å²) in [6, 6.07) is 6.54. The number of hydrogen-bond donors (Lipinski definition) is 1. The molecule has 0 amide bonds. The van der Waals surface area contributed by atoms with Gasteiger partial charge in [-0.1, -0.05) is 39.3 Å². The van der Waals surface area contributed by atoms with E-state index in [1.807, 2.05) is 0 Å². The molecule has 2 aromatic rings. The minimum absolute atomic E-state index is 0.192. The van der Waals surface area contributed by atoms with E-state index in [-0.39, 0.29) is 10.9 Å². The Balaban J connectivity index is 2.52. The number of halogens is 2. The van der Waals surface area contributed by atoms with Crippen LogP contribution in [0.2, 0.25) is 5.02 Å². The van der Waals surface area contributed by atoms with Crippen molar-refractivity contribution < 1.29 is 9.90 Å². The van der Waals surface area contributed by atoms with E-state index in [1.165, 1.54) is 12.3 Å². The number of carboxylic acids is 1. The number of aliphatic carboxylic acids is 1. The monoisotopic (exact) mass is 374 g/mol. The van der Waals surface area contributed by atoms with Gasteiger partial charge < -0.3 is 5.11 Å². The van der Waals surface area contributed by atoms with Crippen molar-refractivity contribution in [2.45, 2.75) is 5.16 Å². The lowest BCUT2D eigenvalue weighted by Gasteiger charge is -2.12. The van der Waals surface area contributed by atoms with Crippen molar-refractivity contribution in [2.75, 3.05) is 5.75 Å². The Morgan fingerprint density at radius 3 is 2.90 bits per heavy atom. The second kappa shape index (κ2) is 6.43. The first kappa shape index (κ1) is 15.1. The summed E-state index contributed by atoms with van der Waals surface area (Å²) >= 11 is 10.4. The van der Waals surface area contributed by atoms with E-state index in [1.54, 1.807) is 22.8 Å². The predicted octanol–water partition coefficient (Wildman–Crippen LogP) is 2.83. The fourth-order valence-corrected chi connectivity index (χ4v) is 2.73. The Morgan fingerprint density at radius 1 is 1.45 bits per heavy atom. The SMILES string of the molecule is O=C(O)CSc1nc(=O)ccn1-c1cc(Br)ccc1Cl. The Kier molecular flexibility index (Phi) is 4.85. The molecule has 5 nitrogen and oxygen atoms in total. The third-order valence-corrected chi connectivity index (χ3v) is 4.02. The zero-order valence-electron chi connectivity index (χ0n) is 9.92. The lowest BCUT2D eigenvalue weighted by molar-refractivity contribution is -0.133. The van der Waals surface area contributed by atoms with Gasteiger partial charge in [-0.2, -0.15) is 4.98 Å². The standard InChI is InChI=1S/C12H8BrClN2O3S/c13-7-1-2-8(14)9(5-7)16-4-3-10(17)15-12(16)20-6-11(18)19/h1-5H,6H2,(H,18,19). The summed E-state index contributed by atoms with van der Waals surface area (Å²) in [5.74, 6) is -1.18. The number of rotatable bonds is 4. The summed E-state index contributed by atoms with van der Waals surface area (Å²) in [6.07, 6.45) is 1.52. The average Bonchev–Trinajstić information content (AvgIpc) is 2.39. The van der Waals surface area contributed by atoms with Crippen LogP contribution in [-0.2, 0) is 4.79 Å². The fraction of sp³-hybridized carbons (Fsp3) is 0.0833. The van der Waals surface area contributed by atoms with Gasteiger partial charge in [0.1, 0.15) is 0 Å². The van der Waals surface area contributed by atoms with Gasteiger partial charge in [-0.05, 0) is 18.2 Å². The highest BCUT2D eigenvalue weighted by atomic mass is 79.9. The Bertz CT molecular complexity index is 720. The predicted molar refractivity (Wildman–Crippen MR) is 80.9 cm³/mol. The maximum atomic E-state index is 11.3. The van der Waals surface area contributed by atoms with Gasteiger partial charge in [-0.25, -0.2) is 0 Å². The van der Waals surface area contributed by atoms with Gasteiger partial charge in [0.2, 0.25) is 0 Å². The molecule has 8 heteroatoms. The molecule has 0 aliphatic rings. The molecule has 0 saturated heterocycles. The van der Waals surface area contributed by atoms with Gasteiger partial charge in [0.25, 0.3) is 5.56 Å². The highest BCUT2D eigenvalue weighted by Crippen LogP contribution is 2.27. The number of benzene rings is 1. The molecule has 0 spiro atoms. The summed E-state index contributed by atoms with van der Waals surface area (Å²) in [5, 5.41) is 9.48. The number of hydrogen-bond acceptors (Lipinski definition) is 4. The van der Waals surface area contributed by atoms with Gasteiger partial charge in [-0.3, -0.25) is 14.2 Å². The maximum Gasteiger partial charge on any atom is 0.313 e. The van der Waals surface area contributed by atoms with Gasteiger partial charge in [-0.15, -0.1) is 0 Å². The molecule has 0 atom stereocenters. The van der Waals surface area contributed by atoms with Crippen LogP contribution in [0.15, 0.2) is 44.9 Å². The first-order valence-corrected chi connectivity index (χ1v) is 7.53. The van der Waals surface area contributed by atoms with E-state index in [0.29, 0.717) is 10.7 Å². The molecule has 1 aromatic heterocycles. The average molecular weight is 376 g/mol. The topological polar surface area (TPSA) is 72.2 Å². The molecule has 104 valence electrons. The summed E-state index contributed by atoms with van der Waals surface area (Å²) < 4.78 is 2.40. The molecular formula is C12H8BrClN2O3S. The van der Waals surface area contributed by atoms with Crippen LogP contribution in [-0.4, -0.2) is 26.4 Å².